The summed E-state index contributed by atoms with van der Waals surface area (Å²) in [6.45, 7) is 0. The minimum absolute atomic E-state index is 0. The molecule has 0 rings (SSSR count). The summed E-state index contributed by atoms with van der Waals surface area (Å²) in [5.74, 6) is -13.4. The van der Waals surface area contributed by atoms with Gasteiger partial charge in [-0.2, -0.15) is 0 Å². The van der Waals surface area contributed by atoms with Gasteiger partial charge < -0.3 is 40.9 Å². The van der Waals surface area contributed by atoms with E-state index in [0.717, 1.165) is 0 Å². The number of carboxylic acid groups (broad SMARTS) is 6. The van der Waals surface area contributed by atoms with E-state index >= 15 is 0 Å². The van der Waals surface area contributed by atoms with Crippen LogP contribution in [0.1, 0.15) is 12.8 Å². The van der Waals surface area contributed by atoms with E-state index in [-0.39, 0.29) is 51.2 Å². The Bertz CT molecular complexity index is 530. The van der Waals surface area contributed by atoms with E-state index in [9.17, 15) is 28.8 Å². The van der Waals surface area contributed by atoms with Crippen molar-refractivity contribution in [1.29, 1.82) is 0 Å². The Morgan fingerprint density at radius 3 is 0.793 bits per heavy atom. The molecule has 0 bridgehead atoms. The second-order valence-electron chi connectivity index (χ2n) is 4.65. The molecule has 14 nitrogen and oxygen atoms in total. The van der Waals surface area contributed by atoms with Crippen LogP contribution in [0.3, 0.4) is 0 Å². The molecule has 0 saturated carbocycles. The van der Waals surface area contributed by atoms with Crippen molar-refractivity contribution in [1.82, 2.24) is 0 Å². The fraction of sp³-hybridized carbons (Fsp3) is 0.500. The fourth-order valence-electron chi connectivity index (χ4n) is 1.39. The quantitative estimate of drug-likeness (QED) is 0.128. The fourth-order valence-corrected chi connectivity index (χ4v) is 1.39. The van der Waals surface area contributed by atoms with Gasteiger partial charge in [0.2, 0.25) is 0 Å². The zero-order chi connectivity index (χ0) is 21.2. The third-order valence-corrected chi connectivity index (χ3v) is 2.69. The van der Waals surface area contributed by atoms with Crippen molar-refractivity contribution in [3.8, 4) is 0 Å². The van der Waals surface area contributed by atoms with Gasteiger partial charge in [0.1, 0.15) is 11.8 Å². The average molecular weight is 552 g/mol. The molecule has 0 aromatic heterocycles. The Hall–Kier alpha value is -1.70. The number of rotatable bonds is 10. The van der Waals surface area contributed by atoms with Gasteiger partial charge in [-0.05, 0) is 0 Å². The topological polar surface area (TPSA) is 264 Å². The predicted octanol–water partition coefficient (Wildman–Crippen LogP) is -2.79. The van der Waals surface area contributed by atoms with Gasteiger partial charge in [-0.3, -0.25) is 19.2 Å². The van der Waals surface area contributed by atoms with Gasteiger partial charge >= 0.3 is 35.8 Å². The van der Waals surface area contributed by atoms with Gasteiger partial charge in [-0.15, -0.1) is 0 Å². The Morgan fingerprint density at radius 1 is 0.483 bits per heavy atom. The molecule has 0 aromatic carbocycles. The Labute approximate surface area is 193 Å². The molecule has 0 spiro atoms. The molecule has 0 heterocycles. The Balaban J connectivity index is -0.000000120. The normalized spacial score (nSPS) is 13.0. The summed E-state index contributed by atoms with van der Waals surface area (Å²) in [6, 6.07) is 0. The van der Waals surface area contributed by atoms with E-state index in [2.05, 4.69) is 0 Å². The van der Waals surface area contributed by atoms with Crippen LogP contribution in [-0.4, -0.2) is 88.9 Å². The number of hydrogen-bond donors (Lipinski definition) is 8. The average Bonchev–Trinajstić information content (AvgIpc) is 2.48. The van der Waals surface area contributed by atoms with Crippen LogP contribution >= 0.6 is 0 Å². The van der Waals surface area contributed by atoms with Crippen molar-refractivity contribution >= 4 is 35.8 Å². The van der Waals surface area contributed by atoms with Crippen LogP contribution < -0.4 is 0 Å². The molecule has 0 amide bonds. The van der Waals surface area contributed by atoms with Gasteiger partial charge in [0.05, 0.1) is 12.8 Å². The molecule has 8 N–H and O–H groups in total. The van der Waals surface area contributed by atoms with E-state index < -0.39 is 72.7 Å². The summed E-state index contributed by atoms with van der Waals surface area (Å²) in [6.07, 6.45) is -6.26. The first-order valence-electron chi connectivity index (χ1n) is 6.43. The van der Waals surface area contributed by atoms with Crippen LogP contribution in [-0.2, 0) is 80.0 Å². The zero-order valence-electron chi connectivity index (χ0n) is 13.8. The second kappa shape index (κ2) is 18.3. The van der Waals surface area contributed by atoms with E-state index in [1.807, 2.05) is 0 Å². The second-order valence-corrected chi connectivity index (χ2v) is 4.65. The molecule has 0 fully saturated rings. The molecule has 172 valence electrons. The molecule has 0 aromatic rings. The van der Waals surface area contributed by atoms with E-state index in [1.165, 1.54) is 0 Å². The minimum Gasteiger partial charge on any atom is -0.481 e. The van der Waals surface area contributed by atoms with Crippen molar-refractivity contribution in [3.05, 3.63) is 0 Å². The zero-order valence-corrected chi connectivity index (χ0v) is 17.1. The molecule has 0 aliphatic carbocycles. The van der Waals surface area contributed by atoms with Crippen molar-refractivity contribution in [2.45, 2.75) is 25.0 Å². The van der Waals surface area contributed by atoms with E-state index in [0.29, 0.717) is 0 Å². The van der Waals surface area contributed by atoms with E-state index in [1.54, 1.807) is 0 Å². The summed E-state index contributed by atoms with van der Waals surface area (Å²) in [4.78, 5) is 61.0. The molecule has 29 heavy (non-hydrogen) atoms. The van der Waals surface area contributed by atoms with Gasteiger partial charge in [-0.25, -0.2) is 9.59 Å². The number of aliphatic hydroxyl groups is 2. The first-order valence-corrected chi connectivity index (χ1v) is 6.43. The van der Waals surface area contributed by atoms with Crippen molar-refractivity contribution in [3.63, 3.8) is 0 Å². The third kappa shape index (κ3) is 16.9. The first kappa shape index (κ1) is 38.0. The molecule has 4 unspecified atom stereocenters. The molecule has 0 aliphatic heterocycles. The summed E-state index contributed by atoms with van der Waals surface area (Å²) in [5.41, 5.74) is 0. The van der Waals surface area contributed by atoms with Gasteiger partial charge in [0.25, 0.3) is 0 Å². The van der Waals surface area contributed by atoms with Crippen molar-refractivity contribution in [2.75, 3.05) is 0 Å². The molecular weight excluding hydrogens is 536 g/mol. The van der Waals surface area contributed by atoms with Gasteiger partial charge in [-0.1, -0.05) is 0 Å². The summed E-state index contributed by atoms with van der Waals surface area (Å²) in [7, 11) is 0. The van der Waals surface area contributed by atoms with Crippen molar-refractivity contribution in [2.24, 2.45) is 11.8 Å². The van der Waals surface area contributed by atoms with Gasteiger partial charge in [0.15, 0.2) is 12.2 Å². The molecule has 0 saturated heterocycles. The first-order chi connectivity index (χ1) is 11.7. The maximum Gasteiger partial charge on any atom is 0.333 e. The van der Waals surface area contributed by atoms with E-state index in [4.69, 9.17) is 40.9 Å². The third-order valence-electron chi connectivity index (χ3n) is 2.69. The molecule has 0 aliphatic rings. The number of carbonyl (C=O) groups is 6. The predicted molar refractivity (Wildman–Crippen MR) is 74.0 cm³/mol. The van der Waals surface area contributed by atoms with Crippen molar-refractivity contribution < 1.29 is 121 Å². The Morgan fingerprint density at radius 2 is 0.690 bits per heavy atom. The standard InChI is InChI=1S/2C6H8O7.3Fe/c2*7-3(8)1-2(5(10)11)4(9)6(12)13;;;/h2*2,4,9H,1H2,(H,7,8)(H,10,11)(H,12,13);;;. The number of hydrogen-bond acceptors (Lipinski definition) is 8. The molecule has 0 radical (unpaired) electrons. The SMILES string of the molecule is O=C(O)CC(C(=O)O)C(O)C(=O)O.O=C(O)CC(C(=O)O)C(O)C(=O)O.[Fe].[Fe].[Fe]. The summed E-state index contributed by atoms with van der Waals surface area (Å²) < 4.78 is 0. The Kier molecular flexibility index (Phi) is 24.0. The van der Waals surface area contributed by atoms with Crippen LogP contribution in [0.15, 0.2) is 0 Å². The number of carboxylic acids is 6. The summed E-state index contributed by atoms with van der Waals surface area (Å²) >= 11 is 0. The largest absolute Gasteiger partial charge is 0.481 e. The maximum absolute atomic E-state index is 10.3. The smallest absolute Gasteiger partial charge is 0.333 e. The molecular formula is C12H16Fe3O14. The number of aliphatic carboxylic acids is 6. The molecule has 17 heteroatoms. The van der Waals surface area contributed by atoms with Crippen LogP contribution in [0.4, 0.5) is 0 Å². The van der Waals surface area contributed by atoms with Crippen LogP contribution in [0.5, 0.6) is 0 Å². The monoisotopic (exact) mass is 552 g/mol. The van der Waals surface area contributed by atoms with Gasteiger partial charge in [0, 0.05) is 51.2 Å². The molecule has 4 atom stereocenters. The minimum atomic E-state index is -2.20. The summed E-state index contributed by atoms with van der Waals surface area (Å²) in [5, 5.41) is 67.0. The number of aliphatic hydroxyl groups excluding tert-OH is 2. The van der Waals surface area contributed by atoms with Crippen LogP contribution in [0.2, 0.25) is 0 Å². The van der Waals surface area contributed by atoms with Crippen LogP contribution in [0, 0.1) is 11.8 Å². The van der Waals surface area contributed by atoms with Crippen LogP contribution in [0.25, 0.3) is 0 Å². The maximum atomic E-state index is 10.3.